The van der Waals surface area contributed by atoms with Crippen LogP contribution >= 0.6 is 0 Å². The van der Waals surface area contributed by atoms with Gasteiger partial charge in [-0.3, -0.25) is 0 Å². The molecule has 0 N–H and O–H groups in total. The fraction of sp³-hybridized carbons (Fsp3) is 1.00. The highest BCUT2D eigenvalue weighted by Gasteiger charge is 2.41. The van der Waals surface area contributed by atoms with E-state index in [2.05, 4.69) is 27.7 Å². The smallest absolute Gasteiger partial charge is 0.0637 e. The molecule has 0 saturated carbocycles. The predicted molar refractivity (Wildman–Crippen MR) is 121 cm³/mol. The van der Waals surface area contributed by atoms with Crippen LogP contribution in [0.15, 0.2) is 0 Å². The fourth-order valence-electron chi connectivity index (χ4n) is 4.44. The third kappa shape index (κ3) is 6.88. The molecule has 8 nitrogen and oxygen atoms in total. The van der Waals surface area contributed by atoms with Gasteiger partial charge in [0.2, 0.25) is 0 Å². The van der Waals surface area contributed by atoms with Crippen molar-refractivity contribution in [2.75, 3.05) is 106 Å². The quantitative estimate of drug-likeness (QED) is 0.339. The van der Waals surface area contributed by atoms with Crippen molar-refractivity contribution in [3.05, 3.63) is 0 Å². The van der Waals surface area contributed by atoms with E-state index in [1.54, 1.807) is 0 Å². The van der Waals surface area contributed by atoms with Crippen molar-refractivity contribution in [1.82, 2.24) is 0 Å². The Balaban J connectivity index is 1.36. The zero-order valence-electron chi connectivity index (χ0n) is 21.1. The van der Waals surface area contributed by atoms with Gasteiger partial charge in [0.1, 0.15) is 0 Å². The van der Waals surface area contributed by atoms with E-state index in [-0.39, 0.29) is 27.1 Å². The second-order valence-corrected chi connectivity index (χ2v) is 12.7. The first-order valence-electron chi connectivity index (χ1n) is 12.3. The Hall–Kier alpha value is -0.320. The second kappa shape index (κ2) is 10.3. The largest absolute Gasteiger partial charge is 0.380 e. The molecule has 0 spiro atoms. The average Bonchev–Trinajstić information content (AvgIpc) is 2.68. The third-order valence-corrected chi connectivity index (χ3v) is 7.04. The summed E-state index contributed by atoms with van der Waals surface area (Å²) in [5, 5.41) is 0. The van der Waals surface area contributed by atoms with Crippen LogP contribution in [0.4, 0.5) is 0 Å². The van der Waals surface area contributed by atoms with Crippen molar-refractivity contribution in [2.24, 2.45) is 27.1 Å². The molecule has 4 aliphatic heterocycles. The molecule has 0 aromatic rings. The minimum atomic E-state index is -0.385. The van der Waals surface area contributed by atoms with E-state index in [4.69, 9.17) is 37.9 Å². The van der Waals surface area contributed by atoms with E-state index < -0.39 is 0 Å². The Morgan fingerprint density at radius 3 is 0.818 bits per heavy atom. The van der Waals surface area contributed by atoms with Gasteiger partial charge in [0.05, 0.1) is 111 Å². The molecule has 4 heterocycles. The Bertz CT molecular complexity index is 512. The minimum absolute atomic E-state index is 0.0958. The van der Waals surface area contributed by atoms with Gasteiger partial charge in [-0.25, -0.2) is 0 Å². The van der Waals surface area contributed by atoms with Crippen LogP contribution in [0.2, 0.25) is 0 Å². The Kier molecular flexibility index (Phi) is 8.08. The van der Waals surface area contributed by atoms with Crippen LogP contribution < -0.4 is 0 Å². The molecule has 0 amide bonds. The van der Waals surface area contributed by atoms with Gasteiger partial charge < -0.3 is 37.9 Å². The molecule has 4 fully saturated rings. The molecule has 4 aliphatic rings. The van der Waals surface area contributed by atoms with Crippen molar-refractivity contribution in [1.29, 1.82) is 0 Å². The summed E-state index contributed by atoms with van der Waals surface area (Å²) in [4.78, 5) is 0. The van der Waals surface area contributed by atoms with Crippen molar-refractivity contribution in [2.45, 2.75) is 27.7 Å². The predicted octanol–water partition coefficient (Wildman–Crippen LogP) is 2.19. The lowest BCUT2D eigenvalue weighted by molar-refractivity contribution is -0.195. The van der Waals surface area contributed by atoms with Gasteiger partial charge in [-0.2, -0.15) is 0 Å². The Labute approximate surface area is 198 Å². The van der Waals surface area contributed by atoms with Crippen LogP contribution in [-0.2, 0) is 37.9 Å². The maximum absolute atomic E-state index is 6.28. The summed E-state index contributed by atoms with van der Waals surface area (Å²) >= 11 is 0. The summed E-state index contributed by atoms with van der Waals surface area (Å²) in [6.45, 7) is 19.6. The van der Waals surface area contributed by atoms with Crippen LogP contribution in [0.25, 0.3) is 0 Å². The summed E-state index contributed by atoms with van der Waals surface area (Å²) in [7, 11) is 0. The van der Waals surface area contributed by atoms with Crippen molar-refractivity contribution >= 4 is 0 Å². The lowest BCUT2D eigenvalue weighted by atomic mass is 9.87. The van der Waals surface area contributed by atoms with E-state index >= 15 is 0 Å². The van der Waals surface area contributed by atoms with Gasteiger partial charge in [0.15, 0.2) is 0 Å². The van der Waals surface area contributed by atoms with Crippen molar-refractivity contribution in [3.63, 3.8) is 0 Å². The molecule has 4 rings (SSSR count). The number of hydrogen-bond donors (Lipinski definition) is 0. The number of hydrogen-bond acceptors (Lipinski definition) is 8. The fourth-order valence-corrected chi connectivity index (χ4v) is 4.44. The number of ether oxygens (including phenoxy) is 8. The summed E-state index contributed by atoms with van der Waals surface area (Å²) in [5.41, 5.74) is -0.00193. The summed E-state index contributed by atoms with van der Waals surface area (Å²) in [5.74, 6) is 0. The minimum Gasteiger partial charge on any atom is -0.380 e. The highest BCUT2D eigenvalue weighted by atomic mass is 16.5. The molecule has 8 heteroatoms. The molecule has 0 bridgehead atoms. The van der Waals surface area contributed by atoms with Gasteiger partial charge in [-0.15, -0.1) is 0 Å². The Morgan fingerprint density at radius 1 is 0.455 bits per heavy atom. The molecular weight excluding hydrogens is 428 g/mol. The first kappa shape index (κ1) is 25.8. The third-order valence-electron chi connectivity index (χ3n) is 7.04. The average molecular weight is 473 g/mol. The topological polar surface area (TPSA) is 73.8 Å². The van der Waals surface area contributed by atoms with Crippen LogP contribution in [-0.4, -0.2) is 106 Å². The molecule has 192 valence electrons. The molecule has 33 heavy (non-hydrogen) atoms. The van der Waals surface area contributed by atoms with Crippen LogP contribution in [0.3, 0.4) is 0 Å². The van der Waals surface area contributed by atoms with Gasteiger partial charge in [-0.1, -0.05) is 27.7 Å². The summed E-state index contributed by atoms with van der Waals surface area (Å²) < 4.78 is 46.7. The molecule has 0 aliphatic carbocycles. The van der Waals surface area contributed by atoms with Crippen LogP contribution in [0.5, 0.6) is 0 Å². The zero-order chi connectivity index (χ0) is 23.5. The van der Waals surface area contributed by atoms with Crippen LogP contribution in [0.1, 0.15) is 27.7 Å². The van der Waals surface area contributed by atoms with Crippen molar-refractivity contribution in [3.8, 4) is 0 Å². The summed E-state index contributed by atoms with van der Waals surface area (Å²) in [6.07, 6.45) is 0. The van der Waals surface area contributed by atoms with E-state index in [1.807, 2.05) is 0 Å². The molecule has 0 atom stereocenters. The van der Waals surface area contributed by atoms with E-state index in [9.17, 15) is 0 Å². The van der Waals surface area contributed by atoms with Crippen molar-refractivity contribution < 1.29 is 37.9 Å². The molecule has 0 aromatic carbocycles. The van der Waals surface area contributed by atoms with Gasteiger partial charge in [0, 0.05) is 21.7 Å². The highest BCUT2D eigenvalue weighted by molar-refractivity contribution is 4.87. The normalized spacial score (nSPS) is 26.5. The molecular formula is C25H44O8. The summed E-state index contributed by atoms with van der Waals surface area (Å²) in [6, 6.07) is 0. The van der Waals surface area contributed by atoms with E-state index in [0.29, 0.717) is 52.9 Å². The monoisotopic (exact) mass is 472 g/mol. The van der Waals surface area contributed by atoms with Gasteiger partial charge in [0.25, 0.3) is 0 Å². The number of rotatable bonds is 16. The van der Waals surface area contributed by atoms with E-state index in [0.717, 1.165) is 52.9 Å². The standard InChI is InChI=1S/C25H44O8/c1-21(5-26-6-21)13-30-17-25(18-31-14-22(2)7-27-8-22,19-32-15-23(3)9-28-10-23)20-33-16-24(4)11-29-12-24/h5-20H2,1-4H3. The SMILES string of the molecule is CC1(COCC(COCC2(C)COC2)(COCC2(C)COC2)COCC2(C)COC2)COC1. The molecule has 0 radical (unpaired) electrons. The second-order valence-electron chi connectivity index (χ2n) is 12.7. The first-order chi connectivity index (χ1) is 15.7. The lowest BCUT2D eigenvalue weighted by Crippen LogP contribution is -2.50. The zero-order valence-corrected chi connectivity index (χ0v) is 21.1. The van der Waals surface area contributed by atoms with Gasteiger partial charge >= 0.3 is 0 Å². The Morgan fingerprint density at radius 2 is 0.667 bits per heavy atom. The molecule has 0 aromatic heterocycles. The lowest BCUT2D eigenvalue weighted by Gasteiger charge is -2.43. The first-order valence-corrected chi connectivity index (χ1v) is 12.3. The maximum atomic E-state index is 6.28. The molecule has 0 unspecified atom stereocenters. The highest BCUT2D eigenvalue weighted by Crippen LogP contribution is 2.33. The van der Waals surface area contributed by atoms with Crippen LogP contribution in [0, 0.1) is 27.1 Å². The van der Waals surface area contributed by atoms with Gasteiger partial charge in [-0.05, 0) is 0 Å². The molecule has 4 saturated heterocycles. The maximum Gasteiger partial charge on any atom is 0.0637 e. The van der Waals surface area contributed by atoms with E-state index in [1.165, 1.54) is 0 Å².